The van der Waals surface area contributed by atoms with Crippen LogP contribution in [0, 0.1) is 18.6 Å². The first-order valence-electron chi connectivity index (χ1n) is 8.00. The summed E-state index contributed by atoms with van der Waals surface area (Å²) >= 11 is 1.50. The van der Waals surface area contributed by atoms with E-state index in [2.05, 4.69) is 5.32 Å². The van der Waals surface area contributed by atoms with Crippen molar-refractivity contribution in [3.8, 4) is 0 Å². The molecule has 0 heterocycles. The molecule has 1 amide bonds. The molecule has 2 aromatic carbocycles. The van der Waals surface area contributed by atoms with Crippen LogP contribution in [0.15, 0.2) is 47.4 Å². The Morgan fingerprint density at radius 1 is 1.12 bits per heavy atom. The quantitative estimate of drug-likeness (QED) is 0.575. The van der Waals surface area contributed by atoms with Gasteiger partial charge in [-0.2, -0.15) is 0 Å². The van der Waals surface area contributed by atoms with Gasteiger partial charge >= 0.3 is 5.97 Å². The predicted octanol–water partition coefficient (Wildman–Crippen LogP) is 4.33. The Bertz CT molecular complexity index is 761. The number of rotatable bonds is 7. The fourth-order valence-corrected chi connectivity index (χ4v) is 2.87. The molecule has 2 aromatic rings. The summed E-state index contributed by atoms with van der Waals surface area (Å²) in [6, 6.07) is 11.1. The van der Waals surface area contributed by atoms with E-state index in [4.69, 9.17) is 4.74 Å². The van der Waals surface area contributed by atoms with Gasteiger partial charge in [0, 0.05) is 10.6 Å². The maximum Gasteiger partial charge on any atom is 0.307 e. The lowest BCUT2D eigenvalue weighted by molar-refractivity contribution is -0.152. The average molecular weight is 379 g/mol. The first-order valence-corrected chi connectivity index (χ1v) is 8.99. The van der Waals surface area contributed by atoms with Crippen LogP contribution < -0.4 is 5.32 Å². The minimum absolute atomic E-state index is 0.115. The summed E-state index contributed by atoms with van der Waals surface area (Å²) in [4.78, 5) is 24.8. The zero-order valence-electron chi connectivity index (χ0n) is 14.4. The van der Waals surface area contributed by atoms with Crippen molar-refractivity contribution >= 4 is 29.3 Å². The van der Waals surface area contributed by atoms with Gasteiger partial charge in [0.05, 0.1) is 6.42 Å². The number of halogens is 2. The Balaban J connectivity index is 1.78. The molecule has 1 unspecified atom stereocenters. The zero-order chi connectivity index (χ0) is 19.1. The number of para-hydroxylation sites is 1. The molecule has 138 valence electrons. The third-order valence-electron chi connectivity index (χ3n) is 3.48. The monoisotopic (exact) mass is 379 g/mol. The van der Waals surface area contributed by atoms with Gasteiger partial charge in [0.25, 0.3) is 5.91 Å². The van der Waals surface area contributed by atoms with E-state index in [1.165, 1.54) is 24.8 Å². The summed E-state index contributed by atoms with van der Waals surface area (Å²) in [7, 11) is 0. The minimum Gasteiger partial charge on any atom is -0.453 e. The van der Waals surface area contributed by atoms with E-state index >= 15 is 0 Å². The van der Waals surface area contributed by atoms with Crippen LogP contribution in [-0.2, 0) is 14.3 Å². The molecule has 7 heteroatoms. The van der Waals surface area contributed by atoms with Crippen molar-refractivity contribution < 1.29 is 23.1 Å². The lowest BCUT2D eigenvalue weighted by Gasteiger charge is -2.14. The smallest absolute Gasteiger partial charge is 0.307 e. The number of anilines is 1. The van der Waals surface area contributed by atoms with Gasteiger partial charge in [-0.05, 0) is 38.1 Å². The summed E-state index contributed by atoms with van der Waals surface area (Å²) in [5.41, 5.74) is 0.593. The predicted molar refractivity (Wildman–Crippen MR) is 97.1 cm³/mol. The molecule has 0 aliphatic heterocycles. The molecule has 0 spiro atoms. The van der Waals surface area contributed by atoms with Crippen molar-refractivity contribution in [2.24, 2.45) is 0 Å². The maximum atomic E-state index is 13.5. The number of carbonyl (C=O) groups excluding carboxylic acids is 2. The van der Waals surface area contributed by atoms with Gasteiger partial charge in [-0.3, -0.25) is 9.59 Å². The van der Waals surface area contributed by atoms with Crippen molar-refractivity contribution in [1.29, 1.82) is 0 Å². The van der Waals surface area contributed by atoms with Crippen molar-refractivity contribution in [3.05, 3.63) is 59.7 Å². The minimum atomic E-state index is -1.16. The number of aryl methyl sites for hydroxylation is 1. The molecular formula is C19H19F2NO3S. The normalized spacial score (nSPS) is 11.7. The second-order valence-corrected chi connectivity index (χ2v) is 6.80. The largest absolute Gasteiger partial charge is 0.453 e. The average Bonchev–Trinajstić information content (AvgIpc) is 2.59. The molecule has 0 aliphatic rings. The second-order valence-electron chi connectivity index (χ2n) is 5.63. The van der Waals surface area contributed by atoms with E-state index in [-0.39, 0.29) is 6.42 Å². The Kier molecular flexibility index (Phi) is 7.15. The van der Waals surface area contributed by atoms with Gasteiger partial charge in [0.1, 0.15) is 17.3 Å². The summed E-state index contributed by atoms with van der Waals surface area (Å²) < 4.78 is 32.1. The molecule has 0 bridgehead atoms. The highest BCUT2D eigenvalue weighted by atomic mass is 32.2. The lowest BCUT2D eigenvalue weighted by Crippen LogP contribution is -2.30. The fourth-order valence-electron chi connectivity index (χ4n) is 2.04. The lowest BCUT2D eigenvalue weighted by atomic mass is 10.2. The van der Waals surface area contributed by atoms with E-state index in [9.17, 15) is 18.4 Å². The summed E-state index contributed by atoms with van der Waals surface area (Å²) in [6.07, 6.45) is -1.05. The van der Waals surface area contributed by atoms with Gasteiger partial charge in [-0.25, -0.2) is 8.78 Å². The SMILES string of the molecule is Cc1ccc(SCCC(=O)OC(C)C(=O)Nc2c(F)cccc2F)cc1. The first kappa shape index (κ1) is 19.9. The standard InChI is InChI=1S/C19H19F2NO3S/c1-12-6-8-14(9-7-12)26-11-10-17(23)25-13(2)19(24)22-18-15(20)4-3-5-16(18)21/h3-9,13H,10-11H2,1-2H3,(H,22,24). The van der Waals surface area contributed by atoms with E-state index in [0.29, 0.717) is 5.75 Å². The van der Waals surface area contributed by atoms with Crippen molar-refractivity contribution in [2.75, 3.05) is 11.1 Å². The number of carbonyl (C=O) groups is 2. The fraction of sp³-hybridized carbons (Fsp3) is 0.263. The Morgan fingerprint density at radius 3 is 2.35 bits per heavy atom. The van der Waals surface area contributed by atoms with Crippen molar-refractivity contribution in [2.45, 2.75) is 31.3 Å². The van der Waals surface area contributed by atoms with Gasteiger partial charge in [0.2, 0.25) is 0 Å². The summed E-state index contributed by atoms with van der Waals surface area (Å²) in [6.45, 7) is 3.34. The van der Waals surface area contributed by atoms with Gasteiger partial charge in [-0.1, -0.05) is 23.8 Å². The van der Waals surface area contributed by atoms with E-state index in [1.54, 1.807) is 0 Å². The van der Waals surface area contributed by atoms with Crippen molar-refractivity contribution in [1.82, 2.24) is 0 Å². The third kappa shape index (κ3) is 5.84. The van der Waals surface area contributed by atoms with Gasteiger partial charge < -0.3 is 10.1 Å². The number of amides is 1. The van der Waals surface area contributed by atoms with Crippen LogP contribution >= 0.6 is 11.8 Å². The highest BCUT2D eigenvalue weighted by Crippen LogP contribution is 2.20. The molecule has 0 saturated carbocycles. The van der Waals surface area contributed by atoms with Crippen LogP contribution in [0.1, 0.15) is 18.9 Å². The molecule has 26 heavy (non-hydrogen) atoms. The molecule has 1 atom stereocenters. The van der Waals surface area contributed by atoms with Crippen LogP contribution in [0.5, 0.6) is 0 Å². The molecule has 0 radical (unpaired) electrons. The topological polar surface area (TPSA) is 55.4 Å². The number of nitrogens with one attached hydrogen (secondary N) is 1. The molecule has 0 aromatic heterocycles. The summed E-state index contributed by atoms with van der Waals surface area (Å²) in [5, 5.41) is 2.10. The zero-order valence-corrected chi connectivity index (χ0v) is 15.2. The van der Waals surface area contributed by atoms with Crippen LogP contribution in [0.25, 0.3) is 0 Å². The molecule has 4 nitrogen and oxygen atoms in total. The molecule has 0 fully saturated rings. The molecule has 0 aliphatic carbocycles. The van der Waals surface area contributed by atoms with Crippen LogP contribution in [0.2, 0.25) is 0 Å². The highest BCUT2D eigenvalue weighted by Gasteiger charge is 2.20. The number of benzene rings is 2. The van der Waals surface area contributed by atoms with Gasteiger partial charge in [0.15, 0.2) is 6.10 Å². The maximum absolute atomic E-state index is 13.5. The number of esters is 1. The number of hydrogen-bond donors (Lipinski definition) is 1. The van der Waals surface area contributed by atoms with Crippen molar-refractivity contribution in [3.63, 3.8) is 0 Å². The Morgan fingerprint density at radius 2 is 1.73 bits per heavy atom. The number of hydrogen-bond acceptors (Lipinski definition) is 4. The Labute approximate surface area is 154 Å². The van der Waals surface area contributed by atoms with E-state index in [1.807, 2.05) is 31.2 Å². The van der Waals surface area contributed by atoms with E-state index < -0.39 is 35.3 Å². The van der Waals surface area contributed by atoms with E-state index in [0.717, 1.165) is 22.6 Å². The molecular weight excluding hydrogens is 360 g/mol. The molecule has 2 rings (SSSR count). The first-order chi connectivity index (χ1) is 12.4. The van der Waals surface area contributed by atoms with Crippen LogP contribution in [0.3, 0.4) is 0 Å². The summed E-state index contributed by atoms with van der Waals surface area (Å²) in [5.74, 6) is -2.65. The molecule has 1 N–H and O–H groups in total. The third-order valence-corrected chi connectivity index (χ3v) is 4.50. The molecule has 0 saturated heterocycles. The van der Waals surface area contributed by atoms with Crippen LogP contribution in [-0.4, -0.2) is 23.7 Å². The second kappa shape index (κ2) is 9.33. The number of thioether (sulfide) groups is 1. The van der Waals surface area contributed by atoms with Gasteiger partial charge in [-0.15, -0.1) is 11.8 Å². The highest BCUT2D eigenvalue weighted by molar-refractivity contribution is 7.99. The Hall–Kier alpha value is -2.41. The number of ether oxygens (including phenoxy) is 1. The van der Waals surface area contributed by atoms with Crippen LogP contribution in [0.4, 0.5) is 14.5 Å².